The monoisotopic (exact) mass is 563 g/mol. The van der Waals surface area contributed by atoms with Crippen LogP contribution in [0.25, 0.3) is 0 Å². The Kier molecular flexibility index (Phi) is 7.07. The molecule has 204 valence electrons. The number of carbonyl (C=O) groups excluding carboxylic acids is 3. The molecule has 1 heterocycles. The van der Waals surface area contributed by atoms with Crippen LogP contribution in [0.5, 0.6) is 0 Å². The Morgan fingerprint density at radius 2 is 1.29 bits per heavy atom. The highest BCUT2D eigenvalue weighted by Crippen LogP contribution is 2.36. The highest BCUT2D eigenvalue weighted by molar-refractivity contribution is 6.39. The summed E-state index contributed by atoms with van der Waals surface area (Å²) >= 11 is 6.25. The van der Waals surface area contributed by atoms with Crippen LogP contribution in [-0.2, 0) is 4.79 Å². The van der Waals surface area contributed by atoms with Crippen LogP contribution in [0.4, 0.5) is 28.4 Å². The molecule has 1 aliphatic carbocycles. The molecule has 1 amide bonds. The number of fused-ring (bicyclic) bond motifs is 2. The topological polar surface area (TPSA) is 94.4 Å². The molecule has 4 aromatic carbocycles. The minimum atomic E-state index is -0.261. The van der Waals surface area contributed by atoms with Crippen LogP contribution in [0.15, 0.2) is 95.2 Å². The molecule has 1 fully saturated rings. The first-order valence-electron chi connectivity index (χ1n) is 13.3. The zero-order chi connectivity index (χ0) is 28.5. The van der Waals surface area contributed by atoms with Crippen LogP contribution in [0.2, 0.25) is 5.02 Å². The van der Waals surface area contributed by atoms with Crippen molar-refractivity contribution in [2.75, 3.05) is 36.4 Å². The van der Waals surface area contributed by atoms with E-state index in [1.54, 1.807) is 43.3 Å². The average Bonchev–Trinajstić information content (AvgIpc) is 3.00. The van der Waals surface area contributed by atoms with Crippen molar-refractivity contribution in [3.8, 4) is 0 Å². The highest BCUT2D eigenvalue weighted by Gasteiger charge is 2.33. The van der Waals surface area contributed by atoms with Crippen molar-refractivity contribution < 1.29 is 14.4 Å². The number of anilines is 3. The Morgan fingerprint density at radius 3 is 1.93 bits per heavy atom. The van der Waals surface area contributed by atoms with Crippen molar-refractivity contribution in [3.05, 3.63) is 112 Å². The lowest BCUT2D eigenvalue weighted by atomic mass is 9.83. The van der Waals surface area contributed by atoms with Crippen LogP contribution in [0.1, 0.15) is 38.8 Å². The molecule has 6 rings (SSSR count). The van der Waals surface area contributed by atoms with E-state index >= 15 is 0 Å². The lowest BCUT2D eigenvalue weighted by Gasteiger charge is -2.35. The van der Waals surface area contributed by atoms with Crippen LogP contribution in [0.3, 0.4) is 0 Å². The molecule has 0 atom stereocenters. The number of rotatable bonds is 5. The van der Waals surface area contributed by atoms with Crippen LogP contribution < -0.4 is 10.2 Å². The number of ketones is 2. The number of nitrogens with zero attached hydrogens (tertiary/aromatic N) is 4. The van der Waals surface area contributed by atoms with Gasteiger partial charge in [-0.15, -0.1) is 0 Å². The fraction of sp³-hybridized carbons (Fsp3) is 0.156. The van der Waals surface area contributed by atoms with Gasteiger partial charge in [-0.05, 0) is 60.7 Å². The van der Waals surface area contributed by atoms with E-state index in [4.69, 9.17) is 11.6 Å². The number of carbonyl (C=O) groups is 3. The van der Waals surface area contributed by atoms with E-state index in [2.05, 4.69) is 20.4 Å². The smallest absolute Gasteiger partial charge is 0.219 e. The minimum absolute atomic E-state index is 0.117. The van der Waals surface area contributed by atoms with E-state index in [0.29, 0.717) is 28.1 Å². The van der Waals surface area contributed by atoms with E-state index in [0.717, 1.165) is 43.2 Å². The van der Waals surface area contributed by atoms with Crippen LogP contribution >= 0.6 is 11.6 Å². The Morgan fingerprint density at radius 1 is 0.732 bits per heavy atom. The lowest BCUT2D eigenvalue weighted by molar-refractivity contribution is -0.129. The normalized spacial score (nSPS) is 14.7. The molecule has 1 aliphatic heterocycles. The fourth-order valence-electron chi connectivity index (χ4n) is 5.20. The molecule has 0 spiro atoms. The summed E-state index contributed by atoms with van der Waals surface area (Å²) in [5, 5.41) is 12.3. The lowest BCUT2D eigenvalue weighted by Crippen LogP contribution is -2.48. The first-order chi connectivity index (χ1) is 19.9. The van der Waals surface area contributed by atoms with Gasteiger partial charge in [-0.2, -0.15) is 10.2 Å². The molecule has 41 heavy (non-hydrogen) atoms. The molecule has 0 aromatic heterocycles. The number of benzene rings is 4. The third-order valence-electron chi connectivity index (χ3n) is 7.39. The second kappa shape index (κ2) is 11.0. The molecule has 0 saturated carbocycles. The van der Waals surface area contributed by atoms with E-state index in [1.165, 1.54) is 0 Å². The predicted molar refractivity (Wildman–Crippen MR) is 160 cm³/mol. The highest BCUT2D eigenvalue weighted by atomic mass is 35.5. The van der Waals surface area contributed by atoms with Gasteiger partial charge in [0, 0.05) is 55.6 Å². The number of piperazine rings is 1. The molecule has 0 bridgehead atoms. The number of azo groups is 1. The third-order valence-corrected chi connectivity index (χ3v) is 7.70. The molecule has 8 nitrogen and oxygen atoms in total. The maximum absolute atomic E-state index is 13.3. The molecule has 1 N–H and O–H groups in total. The largest absolute Gasteiger partial charge is 0.368 e. The fourth-order valence-corrected chi connectivity index (χ4v) is 5.46. The van der Waals surface area contributed by atoms with Crippen molar-refractivity contribution in [1.82, 2.24) is 4.90 Å². The van der Waals surface area contributed by atoms with Gasteiger partial charge in [0.25, 0.3) is 0 Å². The van der Waals surface area contributed by atoms with Crippen molar-refractivity contribution >= 4 is 57.5 Å². The molecule has 2 aliphatic rings. The van der Waals surface area contributed by atoms with Gasteiger partial charge in [-0.1, -0.05) is 35.9 Å². The molecule has 0 radical (unpaired) electrons. The number of nitrogens with one attached hydrogen (secondary N) is 1. The molecule has 1 saturated heterocycles. The summed E-state index contributed by atoms with van der Waals surface area (Å²) in [7, 11) is 0. The van der Waals surface area contributed by atoms with Crippen molar-refractivity contribution in [1.29, 1.82) is 0 Å². The molecule has 0 unspecified atom stereocenters. The van der Waals surface area contributed by atoms with Crippen molar-refractivity contribution in [2.45, 2.75) is 6.92 Å². The first-order valence-corrected chi connectivity index (χ1v) is 13.7. The second-order valence-corrected chi connectivity index (χ2v) is 10.3. The maximum atomic E-state index is 13.3. The van der Waals surface area contributed by atoms with Gasteiger partial charge in [-0.3, -0.25) is 14.4 Å². The second-order valence-electron chi connectivity index (χ2n) is 9.93. The summed E-state index contributed by atoms with van der Waals surface area (Å²) in [6.45, 7) is 4.67. The van der Waals surface area contributed by atoms with Gasteiger partial charge in [-0.25, -0.2) is 0 Å². The Balaban J connectivity index is 1.13. The van der Waals surface area contributed by atoms with Crippen LogP contribution in [-0.4, -0.2) is 48.6 Å². The van der Waals surface area contributed by atoms with Crippen molar-refractivity contribution in [3.63, 3.8) is 0 Å². The minimum Gasteiger partial charge on any atom is -0.368 e. The predicted octanol–water partition coefficient (Wildman–Crippen LogP) is 6.94. The van der Waals surface area contributed by atoms with E-state index in [-0.39, 0.29) is 28.1 Å². The van der Waals surface area contributed by atoms with Gasteiger partial charge in [0.05, 0.1) is 33.2 Å². The van der Waals surface area contributed by atoms with E-state index in [9.17, 15) is 14.4 Å². The maximum Gasteiger partial charge on any atom is 0.219 e. The number of hydrogen-bond acceptors (Lipinski definition) is 7. The zero-order valence-corrected chi connectivity index (χ0v) is 23.1. The number of hydrogen-bond donors (Lipinski definition) is 1. The van der Waals surface area contributed by atoms with E-state index < -0.39 is 0 Å². The quantitative estimate of drug-likeness (QED) is 0.234. The van der Waals surface area contributed by atoms with Gasteiger partial charge >= 0.3 is 0 Å². The Hall–Kier alpha value is -4.82. The van der Waals surface area contributed by atoms with Gasteiger partial charge < -0.3 is 15.1 Å². The third kappa shape index (κ3) is 5.21. The summed E-state index contributed by atoms with van der Waals surface area (Å²) in [6, 6.07) is 25.3. The SMILES string of the molecule is CC(=O)N1CCN(c2ccc(/N=N\c3ccc(Nc4cccc5c4C(=O)c4cccc(Cl)c4C5=O)cc3)cc2)CC1. The average molecular weight is 564 g/mol. The Bertz CT molecular complexity index is 1690. The van der Waals surface area contributed by atoms with Gasteiger partial charge in [0.15, 0.2) is 11.6 Å². The summed E-state index contributed by atoms with van der Waals surface area (Å²) < 4.78 is 0. The standard InChI is InChI=1S/C32H26ClN5O3/c1-20(39)37-16-18-38(19-17-37)24-14-12-23(13-15-24)36-35-22-10-8-21(9-11-22)34-28-7-3-5-26-30(28)32(41)25-4-2-6-27(33)29(25)31(26)40/h2-15,34H,16-19H2,1H3/b36-35-. The molecule has 4 aromatic rings. The molecule has 9 heteroatoms. The molecular formula is C32H26ClN5O3. The summed E-state index contributed by atoms with van der Waals surface area (Å²) in [5.41, 5.74) is 5.01. The van der Waals surface area contributed by atoms with Gasteiger partial charge in [0.2, 0.25) is 5.91 Å². The summed E-state index contributed by atoms with van der Waals surface area (Å²) in [5.74, 6) is -0.384. The summed E-state index contributed by atoms with van der Waals surface area (Å²) in [4.78, 5) is 42.2. The Labute approximate surface area is 242 Å². The number of amides is 1. The van der Waals surface area contributed by atoms with E-state index in [1.807, 2.05) is 53.4 Å². The first kappa shape index (κ1) is 26.4. The zero-order valence-electron chi connectivity index (χ0n) is 22.3. The molecular weight excluding hydrogens is 538 g/mol. The van der Waals surface area contributed by atoms with Crippen LogP contribution in [0, 0.1) is 0 Å². The summed E-state index contributed by atoms with van der Waals surface area (Å²) in [6.07, 6.45) is 0. The van der Waals surface area contributed by atoms with Crippen molar-refractivity contribution in [2.24, 2.45) is 10.2 Å². The van der Waals surface area contributed by atoms with Gasteiger partial charge in [0.1, 0.15) is 0 Å². The number of halogens is 1.